The molecule has 0 spiro atoms. The van der Waals surface area contributed by atoms with Gasteiger partial charge in [0, 0.05) is 35.8 Å². The molecule has 7 heteroatoms. The molecule has 0 saturated heterocycles. The van der Waals surface area contributed by atoms with E-state index in [1.54, 1.807) is 10.9 Å². The number of halogens is 1. The van der Waals surface area contributed by atoms with E-state index in [1.165, 1.54) is 24.2 Å². The Balaban J connectivity index is 1.90. The summed E-state index contributed by atoms with van der Waals surface area (Å²) in [6.45, 7) is 5.96. The van der Waals surface area contributed by atoms with Crippen molar-refractivity contribution in [2.45, 2.75) is 39.7 Å². The van der Waals surface area contributed by atoms with Crippen LogP contribution in [0.2, 0.25) is 5.02 Å². The van der Waals surface area contributed by atoms with Crippen LogP contribution in [0.5, 0.6) is 0 Å². The van der Waals surface area contributed by atoms with Crippen molar-refractivity contribution in [1.29, 1.82) is 0 Å². The molecule has 1 fully saturated rings. The lowest BCUT2D eigenvalue weighted by Gasteiger charge is -2.12. The molecule has 3 aromatic heterocycles. The Bertz CT molecular complexity index is 1020. The smallest absolute Gasteiger partial charge is 0.262 e. The fourth-order valence-corrected chi connectivity index (χ4v) is 4.74. The summed E-state index contributed by atoms with van der Waals surface area (Å²) in [5, 5.41) is 9.05. The zero-order valence-corrected chi connectivity index (χ0v) is 16.8. The average molecular weight is 389 g/mol. The van der Waals surface area contributed by atoms with E-state index in [-0.39, 0.29) is 11.9 Å². The van der Waals surface area contributed by atoms with Crippen LogP contribution in [0.1, 0.15) is 40.7 Å². The molecule has 1 saturated carbocycles. The highest BCUT2D eigenvalue weighted by Gasteiger charge is 2.31. The van der Waals surface area contributed by atoms with Gasteiger partial charge >= 0.3 is 0 Å². The largest absolute Gasteiger partial charge is 0.349 e. The first-order valence-electron chi connectivity index (χ1n) is 8.76. The number of aryl methyl sites for hydroxylation is 3. The molecule has 0 radical (unpaired) electrons. The first kappa shape index (κ1) is 17.5. The summed E-state index contributed by atoms with van der Waals surface area (Å²) in [6, 6.07) is 0.189. The Morgan fingerprint density at radius 2 is 2.15 bits per heavy atom. The summed E-state index contributed by atoms with van der Waals surface area (Å²) in [4.78, 5) is 19.2. The van der Waals surface area contributed by atoms with Crippen molar-refractivity contribution in [1.82, 2.24) is 20.1 Å². The van der Waals surface area contributed by atoms with E-state index in [0.29, 0.717) is 15.8 Å². The van der Waals surface area contributed by atoms with E-state index in [2.05, 4.69) is 22.3 Å². The summed E-state index contributed by atoms with van der Waals surface area (Å²) >= 11 is 7.89. The van der Waals surface area contributed by atoms with Crippen LogP contribution in [0.4, 0.5) is 0 Å². The van der Waals surface area contributed by atoms with Crippen LogP contribution in [-0.2, 0) is 7.05 Å². The Hall–Kier alpha value is -1.92. The molecular formula is C19H21ClN4OS. The fraction of sp³-hybridized carbons (Fsp3) is 0.421. The van der Waals surface area contributed by atoms with Crippen molar-refractivity contribution in [3.8, 4) is 11.1 Å². The quantitative estimate of drug-likeness (QED) is 0.716. The van der Waals surface area contributed by atoms with Gasteiger partial charge in [-0.2, -0.15) is 5.10 Å². The second kappa shape index (κ2) is 6.35. The zero-order valence-electron chi connectivity index (χ0n) is 15.3. The van der Waals surface area contributed by atoms with Crippen LogP contribution >= 0.6 is 22.9 Å². The lowest BCUT2D eigenvalue weighted by Crippen LogP contribution is -2.33. The molecular weight excluding hydrogens is 368 g/mol. The summed E-state index contributed by atoms with van der Waals surface area (Å²) in [5.41, 5.74) is 3.53. The van der Waals surface area contributed by atoms with Crippen LogP contribution in [0.15, 0.2) is 12.4 Å². The third kappa shape index (κ3) is 2.91. The normalized spacial score (nSPS) is 15.4. The number of nitrogens with zero attached hydrogens (tertiary/aromatic N) is 3. The number of aromatic nitrogens is 3. The highest BCUT2D eigenvalue weighted by Crippen LogP contribution is 2.42. The van der Waals surface area contributed by atoms with Crippen molar-refractivity contribution in [2.75, 3.05) is 0 Å². The number of carbonyl (C=O) groups excluding carboxylic acids is 1. The topological polar surface area (TPSA) is 59.8 Å². The van der Waals surface area contributed by atoms with Crippen LogP contribution < -0.4 is 5.32 Å². The molecule has 1 aliphatic carbocycles. The molecule has 5 nitrogen and oxygen atoms in total. The van der Waals surface area contributed by atoms with Gasteiger partial charge in [0.05, 0.1) is 16.9 Å². The molecule has 26 heavy (non-hydrogen) atoms. The van der Waals surface area contributed by atoms with Gasteiger partial charge in [0.15, 0.2) is 0 Å². The first-order valence-corrected chi connectivity index (χ1v) is 9.95. The van der Waals surface area contributed by atoms with Gasteiger partial charge in [-0.25, -0.2) is 4.98 Å². The highest BCUT2D eigenvalue weighted by molar-refractivity contribution is 7.21. The molecule has 1 aliphatic rings. The van der Waals surface area contributed by atoms with Crippen LogP contribution in [0, 0.1) is 19.8 Å². The van der Waals surface area contributed by atoms with E-state index in [0.717, 1.165) is 32.6 Å². The zero-order chi connectivity index (χ0) is 18.6. The molecule has 1 atom stereocenters. The Labute approximate surface area is 161 Å². The number of pyridine rings is 1. The van der Waals surface area contributed by atoms with Crippen molar-refractivity contribution >= 4 is 39.1 Å². The summed E-state index contributed by atoms with van der Waals surface area (Å²) in [7, 11) is 1.87. The third-order valence-electron chi connectivity index (χ3n) is 5.07. The van der Waals surface area contributed by atoms with Crippen LogP contribution in [0.25, 0.3) is 21.3 Å². The summed E-state index contributed by atoms with van der Waals surface area (Å²) in [6.07, 6.45) is 6.10. The third-order valence-corrected chi connectivity index (χ3v) is 6.71. The standard InChI is InChI=1S/C19H21ClN4OS/c1-9-14-15(13-7-21-24(4)8-13)17(18(25)22-10(2)12-5-6-12)26-19(14)23-11(3)16(9)20/h7-8,10,12H,5-6H2,1-4H3,(H,22,25)/t10-/m1/s1. The highest BCUT2D eigenvalue weighted by atomic mass is 35.5. The number of hydrogen-bond acceptors (Lipinski definition) is 4. The van der Waals surface area contributed by atoms with Crippen molar-refractivity contribution in [2.24, 2.45) is 13.0 Å². The number of hydrogen-bond donors (Lipinski definition) is 1. The summed E-state index contributed by atoms with van der Waals surface area (Å²) in [5.74, 6) is 0.561. The molecule has 3 heterocycles. The van der Waals surface area contributed by atoms with Gasteiger partial charge in [0.2, 0.25) is 0 Å². The second-order valence-electron chi connectivity index (χ2n) is 7.12. The van der Waals surface area contributed by atoms with E-state index in [1.807, 2.05) is 27.1 Å². The monoisotopic (exact) mass is 388 g/mol. The van der Waals surface area contributed by atoms with Gasteiger partial charge in [0.25, 0.3) is 5.91 Å². The maximum atomic E-state index is 13.1. The second-order valence-corrected chi connectivity index (χ2v) is 8.50. The molecule has 4 rings (SSSR count). The van der Waals surface area contributed by atoms with Gasteiger partial charge < -0.3 is 5.32 Å². The number of rotatable bonds is 4. The van der Waals surface area contributed by atoms with Crippen molar-refractivity contribution < 1.29 is 4.79 Å². The Morgan fingerprint density at radius 1 is 1.42 bits per heavy atom. The maximum absolute atomic E-state index is 13.1. The number of nitrogens with one attached hydrogen (secondary N) is 1. The number of thiophene rings is 1. The number of carbonyl (C=O) groups is 1. The van der Waals surface area contributed by atoms with Gasteiger partial charge in [0.1, 0.15) is 9.71 Å². The molecule has 0 bridgehead atoms. The molecule has 1 N–H and O–H groups in total. The van der Waals surface area contributed by atoms with Crippen LogP contribution in [-0.4, -0.2) is 26.7 Å². The predicted molar refractivity (Wildman–Crippen MR) is 106 cm³/mol. The fourth-order valence-electron chi connectivity index (χ4n) is 3.40. The van der Waals surface area contributed by atoms with E-state index in [4.69, 9.17) is 11.6 Å². The lowest BCUT2D eigenvalue weighted by molar-refractivity contribution is 0.0940. The number of amides is 1. The van der Waals surface area contributed by atoms with Gasteiger partial charge in [-0.15, -0.1) is 11.3 Å². The van der Waals surface area contributed by atoms with Gasteiger partial charge in [-0.05, 0) is 45.1 Å². The Morgan fingerprint density at radius 3 is 2.77 bits per heavy atom. The molecule has 3 aromatic rings. The lowest BCUT2D eigenvalue weighted by atomic mass is 10.0. The number of fused-ring (bicyclic) bond motifs is 1. The predicted octanol–water partition coefficient (Wildman–Crippen LogP) is 4.50. The molecule has 1 amide bonds. The average Bonchev–Trinajstić information content (AvgIpc) is 3.26. The molecule has 0 unspecified atom stereocenters. The minimum Gasteiger partial charge on any atom is -0.349 e. The van der Waals surface area contributed by atoms with Crippen molar-refractivity contribution in [3.05, 3.63) is 33.6 Å². The van der Waals surface area contributed by atoms with E-state index in [9.17, 15) is 4.79 Å². The molecule has 136 valence electrons. The minimum absolute atomic E-state index is 0.0422. The van der Waals surface area contributed by atoms with E-state index < -0.39 is 0 Å². The minimum atomic E-state index is -0.0422. The van der Waals surface area contributed by atoms with E-state index >= 15 is 0 Å². The Kier molecular flexibility index (Phi) is 4.28. The summed E-state index contributed by atoms with van der Waals surface area (Å²) < 4.78 is 1.74. The molecule has 0 aromatic carbocycles. The maximum Gasteiger partial charge on any atom is 0.262 e. The van der Waals surface area contributed by atoms with Gasteiger partial charge in [-0.1, -0.05) is 11.6 Å². The molecule has 0 aliphatic heterocycles. The first-order chi connectivity index (χ1) is 12.4. The van der Waals surface area contributed by atoms with Gasteiger partial charge in [-0.3, -0.25) is 9.48 Å². The SMILES string of the molecule is Cc1nc2sc(C(=O)N[C@H](C)C3CC3)c(-c3cnn(C)c3)c2c(C)c1Cl. The van der Waals surface area contributed by atoms with Crippen LogP contribution in [0.3, 0.4) is 0 Å². The van der Waals surface area contributed by atoms with Crippen molar-refractivity contribution in [3.63, 3.8) is 0 Å².